The number of carbonyl (C=O) groups is 1. The van der Waals surface area contributed by atoms with Gasteiger partial charge in [0.1, 0.15) is 0 Å². The third-order valence-electron chi connectivity index (χ3n) is 4.38. The fraction of sp³-hybridized carbons (Fsp3) is 0.500. The summed E-state index contributed by atoms with van der Waals surface area (Å²) >= 11 is 1.41. The molecule has 1 amide bonds. The van der Waals surface area contributed by atoms with Crippen LogP contribution in [0, 0.1) is 0 Å². The van der Waals surface area contributed by atoms with E-state index in [2.05, 4.69) is 4.98 Å². The van der Waals surface area contributed by atoms with Gasteiger partial charge in [-0.25, -0.2) is 18.5 Å². The smallest absolute Gasteiger partial charge is 0.238 e. The van der Waals surface area contributed by atoms with Crippen LogP contribution in [0.3, 0.4) is 0 Å². The minimum atomic E-state index is -3.77. The average Bonchev–Trinajstić information content (AvgIpc) is 3.19. The summed E-state index contributed by atoms with van der Waals surface area (Å²) in [4.78, 5) is 19.0. The van der Waals surface area contributed by atoms with Crippen molar-refractivity contribution in [3.05, 3.63) is 18.2 Å². The molecule has 2 N–H and O–H groups in total. The van der Waals surface area contributed by atoms with E-state index in [0.717, 1.165) is 31.4 Å². The molecule has 1 saturated heterocycles. The maximum absolute atomic E-state index is 12.5. The number of hydrogen-bond donors (Lipinski definition) is 1. The molecule has 1 fully saturated rings. The summed E-state index contributed by atoms with van der Waals surface area (Å²) in [6.45, 7) is 6.21. The van der Waals surface area contributed by atoms with Gasteiger partial charge in [-0.3, -0.25) is 4.79 Å². The number of carbonyl (C=O) groups excluding carboxylic acids is 1. The molecule has 25 heavy (non-hydrogen) atoms. The number of amides is 1. The highest BCUT2D eigenvalue weighted by Crippen LogP contribution is 2.29. The Bertz CT molecular complexity index is 901. The van der Waals surface area contributed by atoms with E-state index in [1.807, 2.05) is 23.3 Å². The topological polar surface area (TPSA) is 98.3 Å². The minimum Gasteiger partial charge on any atom is -0.342 e. The van der Waals surface area contributed by atoms with Crippen molar-refractivity contribution in [3.63, 3.8) is 0 Å². The molecule has 2 aromatic rings. The van der Waals surface area contributed by atoms with Crippen molar-refractivity contribution in [1.82, 2.24) is 14.5 Å². The van der Waals surface area contributed by atoms with Gasteiger partial charge in [-0.2, -0.15) is 0 Å². The molecule has 9 heteroatoms. The molecular formula is C16H22N4O3S2. The zero-order valence-electron chi connectivity index (χ0n) is 14.3. The zero-order valence-corrected chi connectivity index (χ0v) is 15.9. The summed E-state index contributed by atoms with van der Waals surface area (Å²) in [6, 6.07) is 4.68. The number of benzene rings is 1. The lowest BCUT2D eigenvalue weighted by molar-refractivity contribution is -0.129. The molecule has 1 atom stereocenters. The van der Waals surface area contributed by atoms with E-state index in [4.69, 9.17) is 5.14 Å². The molecule has 2 heterocycles. The zero-order chi connectivity index (χ0) is 18.2. The number of likely N-dealkylation sites (tertiary alicyclic amines) is 1. The minimum absolute atomic E-state index is 0.0403. The molecule has 0 saturated carbocycles. The van der Waals surface area contributed by atoms with Crippen molar-refractivity contribution < 1.29 is 13.2 Å². The summed E-state index contributed by atoms with van der Waals surface area (Å²) < 4.78 is 25.1. The molecule has 0 aliphatic carbocycles. The lowest BCUT2D eigenvalue weighted by Crippen LogP contribution is -2.34. The number of sulfonamides is 1. The lowest BCUT2D eigenvalue weighted by Gasteiger charge is -2.19. The Hall–Kier alpha value is -1.58. The molecule has 0 spiro atoms. The number of aromatic nitrogens is 2. The maximum atomic E-state index is 12.5. The van der Waals surface area contributed by atoms with Gasteiger partial charge in [0.05, 0.1) is 21.2 Å². The first kappa shape index (κ1) is 18.2. The Morgan fingerprint density at radius 1 is 1.36 bits per heavy atom. The molecule has 0 bridgehead atoms. The first-order chi connectivity index (χ1) is 11.8. The number of primary sulfonamides is 1. The van der Waals surface area contributed by atoms with E-state index >= 15 is 0 Å². The van der Waals surface area contributed by atoms with Gasteiger partial charge in [-0.15, -0.1) is 0 Å². The van der Waals surface area contributed by atoms with E-state index in [1.54, 1.807) is 6.07 Å². The highest BCUT2D eigenvalue weighted by molar-refractivity contribution is 8.00. The van der Waals surface area contributed by atoms with Crippen LogP contribution in [0.5, 0.6) is 0 Å². The second-order valence-electron chi connectivity index (χ2n) is 6.13. The fourth-order valence-electron chi connectivity index (χ4n) is 3.06. The van der Waals surface area contributed by atoms with Crippen LogP contribution in [-0.2, 0) is 21.4 Å². The molecule has 7 nitrogen and oxygen atoms in total. The summed E-state index contributed by atoms with van der Waals surface area (Å²) in [7, 11) is -3.77. The fourth-order valence-corrected chi connectivity index (χ4v) is 4.67. The van der Waals surface area contributed by atoms with Crippen molar-refractivity contribution >= 4 is 38.7 Å². The van der Waals surface area contributed by atoms with E-state index in [1.165, 1.54) is 23.9 Å². The number of rotatable bonds is 5. The van der Waals surface area contributed by atoms with Crippen LogP contribution >= 0.6 is 11.8 Å². The number of imidazole rings is 1. The largest absolute Gasteiger partial charge is 0.342 e. The molecule has 0 radical (unpaired) electrons. The predicted octanol–water partition coefficient (Wildman–Crippen LogP) is 1.81. The van der Waals surface area contributed by atoms with Gasteiger partial charge in [-0.1, -0.05) is 11.8 Å². The van der Waals surface area contributed by atoms with Crippen molar-refractivity contribution in [2.75, 3.05) is 13.1 Å². The Balaban J connectivity index is 1.91. The third-order valence-corrected chi connectivity index (χ3v) is 6.37. The normalized spacial score (nSPS) is 16.5. The molecule has 1 aromatic heterocycles. The van der Waals surface area contributed by atoms with E-state index in [0.29, 0.717) is 17.2 Å². The summed E-state index contributed by atoms with van der Waals surface area (Å²) in [6.07, 6.45) is 2.12. The lowest BCUT2D eigenvalue weighted by atomic mass is 10.3. The predicted molar refractivity (Wildman–Crippen MR) is 97.9 cm³/mol. The van der Waals surface area contributed by atoms with Gasteiger partial charge < -0.3 is 9.47 Å². The van der Waals surface area contributed by atoms with Crippen LogP contribution in [0.2, 0.25) is 0 Å². The number of nitrogens with zero attached hydrogens (tertiary/aromatic N) is 3. The van der Waals surface area contributed by atoms with Crippen LogP contribution < -0.4 is 5.14 Å². The van der Waals surface area contributed by atoms with Crippen LogP contribution in [0.4, 0.5) is 0 Å². The van der Waals surface area contributed by atoms with Gasteiger partial charge in [0, 0.05) is 19.6 Å². The summed E-state index contributed by atoms with van der Waals surface area (Å²) in [5.41, 5.74) is 1.40. The van der Waals surface area contributed by atoms with Gasteiger partial charge in [0.15, 0.2) is 5.16 Å². The second-order valence-corrected chi connectivity index (χ2v) is 9.00. The Morgan fingerprint density at radius 3 is 2.64 bits per heavy atom. The first-order valence-electron chi connectivity index (χ1n) is 8.29. The van der Waals surface area contributed by atoms with Crippen LogP contribution in [0.25, 0.3) is 11.0 Å². The Morgan fingerprint density at radius 2 is 2.04 bits per heavy atom. The molecule has 1 aromatic carbocycles. The molecule has 1 aliphatic heterocycles. The molecule has 3 rings (SSSR count). The first-order valence-corrected chi connectivity index (χ1v) is 10.7. The van der Waals surface area contributed by atoms with E-state index in [-0.39, 0.29) is 16.1 Å². The van der Waals surface area contributed by atoms with Crippen molar-refractivity contribution in [2.24, 2.45) is 5.14 Å². The highest BCUT2D eigenvalue weighted by atomic mass is 32.2. The van der Waals surface area contributed by atoms with Gasteiger partial charge in [0.25, 0.3) is 0 Å². The standard InChI is InChI=1S/C16H22N4O3S2/c1-3-20-14-7-6-12(25(17,22)23)10-13(14)18-16(20)24-11(2)15(21)19-8-4-5-9-19/h6-7,10-11H,3-5,8-9H2,1-2H3,(H2,17,22,23)/t11-/m0/s1. The molecule has 1 aliphatic rings. The second kappa shape index (κ2) is 6.97. The number of hydrogen-bond acceptors (Lipinski definition) is 5. The van der Waals surface area contributed by atoms with Crippen molar-refractivity contribution in [1.29, 1.82) is 0 Å². The van der Waals surface area contributed by atoms with E-state index < -0.39 is 10.0 Å². The summed E-state index contributed by atoms with van der Waals surface area (Å²) in [5.74, 6) is 0.127. The highest BCUT2D eigenvalue weighted by Gasteiger charge is 2.26. The van der Waals surface area contributed by atoms with Crippen molar-refractivity contribution in [2.45, 2.75) is 48.5 Å². The Kier molecular flexibility index (Phi) is 5.08. The molecule has 136 valence electrons. The molecular weight excluding hydrogens is 360 g/mol. The van der Waals surface area contributed by atoms with Gasteiger partial charge in [-0.05, 0) is 44.9 Å². The average molecular weight is 383 g/mol. The Labute approximate surface area is 151 Å². The monoisotopic (exact) mass is 382 g/mol. The van der Waals surface area contributed by atoms with Crippen LogP contribution in [0.15, 0.2) is 28.3 Å². The van der Waals surface area contributed by atoms with Gasteiger partial charge in [0.2, 0.25) is 15.9 Å². The van der Waals surface area contributed by atoms with Crippen LogP contribution in [0.1, 0.15) is 26.7 Å². The maximum Gasteiger partial charge on any atom is 0.238 e. The van der Waals surface area contributed by atoms with Crippen molar-refractivity contribution in [3.8, 4) is 0 Å². The number of fused-ring (bicyclic) bond motifs is 1. The van der Waals surface area contributed by atoms with E-state index in [9.17, 15) is 13.2 Å². The SMILES string of the molecule is CCn1c(S[C@@H](C)C(=O)N2CCCC2)nc2cc(S(N)(=O)=O)ccc21. The quantitative estimate of drug-likeness (QED) is 0.795. The van der Waals surface area contributed by atoms with Gasteiger partial charge >= 0.3 is 0 Å². The molecule has 0 unspecified atom stereocenters. The number of thioether (sulfide) groups is 1. The number of aryl methyl sites for hydroxylation is 1. The number of nitrogens with two attached hydrogens (primary N) is 1. The van der Waals surface area contributed by atoms with Crippen LogP contribution in [-0.4, -0.2) is 47.1 Å². The third kappa shape index (κ3) is 3.68. The summed E-state index contributed by atoms with van der Waals surface area (Å²) in [5, 5.41) is 5.67.